The Kier molecular flexibility index (Phi) is 3.36. The molecule has 3 atom stereocenters. The molecule has 0 radical (unpaired) electrons. The van der Waals surface area contributed by atoms with Crippen LogP contribution in [0.1, 0.15) is 25.8 Å². The summed E-state index contributed by atoms with van der Waals surface area (Å²) < 4.78 is 11.6. The summed E-state index contributed by atoms with van der Waals surface area (Å²) in [5, 5.41) is 2.56. The van der Waals surface area contributed by atoms with Gasteiger partial charge in [0.05, 0.1) is 22.0 Å². The second-order valence-corrected chi connectivity index (χ2v) is 8.16. The summed E-state index contributed by atoms with van der Waals surface area (Å²) >= 11 is 0. The molecule has 1 N–H and O–H groups in total. The molecule has 0 aliphatic carbocycles. The number of β-lactam (4-membered cyclic amide) rings is 1. The number of carbonyl (C=O) groups excluding carboxylic acids is 2. The van der Waals surface area contributed by atoms with Crippen molar-refractivity contribution in [2.75, 3.05) is 0 Å². The largest absolute Gasteiger partial charge is 0.350 e. The van der Waals surface area contributed by atoms with Gasteiger partial charge in [0.1, 0.15) is 11.4 Å². The highest BCUT2D eigenvalue weighted by atomic mass is 32.2. The van der Waals surface area contributed by atoms with E-state index < -0.39 is 21.6 Å². The molecule has 0 unspecified atom stereocenters. The molecule has 2 heterocycles. The average Bonchev–Trinajstić information content (AvgIpc) is 2.63. The first-order valence-corrected chi connectivity index (χ1v) is 8.17. The van der Waals surface area contributed by atoms with Gasteiger partial charge in [0, 0.05) is 6.54 Å². The SMILES string of the molecule is CC1(C)[C@H](C(=O)NCc2ccccc2)N2C(=O)C[C@H]2[S@]1=O. The van der Waals surface area contributed by atoms with Crippen LogP contribution >= 0.6 is 0 Å². The lowest BCUT2D eigenvalue weighted by atomic mass is 9.97. The Morgan fingerprint density at radius 1 is 1.38 bits per heavy atom. The molecule has 3 rings (SSSR count). The maximum Gasteiger partial charge on any atom is 0.244 e. The van der Waals surface area contributed by atoms with Crippen molar-refractivity contribution in [2.45, 2.75) is 43.0 Å². The fourth-order valence-electron chi connectivity index (χ4n) is 3.01. The predicted octanol–water partition coefficient (Wildman–Crippen LogP) is 0.771. The van der Waals surface area contributed by atoms with Crippen LogP contribution in [0.4, 0.5) is 0 Å². The fourth-order valence-corrected chi connectivity index (χ4v) is 4.89. The number of amides is 2. The van der Waals surface area contributed by atoms with Gasteiger partial charge in [0.2, 0.25) is 11.8 Å². The van der Waals surface area contributed by atoms with Crippen molar-refractivity contribution in [1.82, 2.24) is 10.2 Å². The Bertz CT molecular complexity index is 615. The number of hydrogen-bond acceptors (Lipinski definition) is 3. The number of carbonyl (C=O) groups is 2. The standard InChI is InChI=1S/C15H18N2O3S/c1-15(2)13(17-11(18)8-12(17)21(15)20)14(19)16-9-10-6-4-3-5-7-10/h3-7,12-13H,8-9H2,1-2H3,(H,16,19)/t12-,13+,21-/m1/s1. The minimum atomic E-state index is -1.20. The zero-order chi connectivity index (χ0) is 15.2. The van der Waals surface area contributed by atoms with E-state index in [9.17, 15) is 13.8 Å². The molecule has 0 saturated carbocycles. The van der Waals surface area contributed by atoms with Gasteiger partial charge in [-0.15, -0.1) is 0 Å². The molecule has 0 aromatic heterocycles. The van der Waals surface area contributed by atoms with E-state index >= 15 is 0 Å². The first-order chi connectivity index (χ1) is 9.93. The molecule has 2 aliphatic rings. The molecule has 5 nitrogen and oxygen atoms in total. The van der Waals surface area contributed by atoms with Gasteiger partial charge in [-0.2, -0.15) is 0 Å². The Morgan fingerprint density at radius 3 is 2.67 bits per heavy atom. The lowest BCUT2D eigenvalue weighted by molar-refractivity contribution is -0.149. The normalized spacial score (nSPS) is 29.7. The highest BCUT2D eigenvalue weighted by Crippen LogP contribution is 2.43. The Morgan fingerprint density at radius 2 is 2.05 bits per heavy atom. The van der Waals surface area contributed by atoms with Crippen LogP contribution in [-0.4, -0.2) is 37.1 Å². The molecule has 6 heteroatoms. The van der Waals surface area contributed by atoms with E-state index in [0.29, 0.717) is 13.0 Å². The fraction of sp³-hybridized carbons (Fsp3) is 0.467. The zero-order valence-corrected chi connectivity index (χ0v) is 12.9. The lowest BCUT2D eigenvalue weighted by Crippen LogP contribution is -2.59. The third-order valence-corrected chi connectivity index (χ3v) is 6.36. The van der Waals surface area contributed by atoms with Crippen LogP contribution in [0.3, 0.4) is 0 Å². The van der Waals surface area contributed by atoms with E-state index in [2.05, 4.69) is 5.32 Å². The van der Waals surface area contributed by atoms with Gasteiger partial charge in [-0.25, -0.2) is 0 Å². The van der Waals surface area contributed by atoms with E-state index in [1.54, 1.807) is 13.8 Å². The monoisotopic (exact) mass is 306 g/mol. The summed E-state index contributed by atoms with van der Waals surface area (Å²) in [5.74, 6) is -0.313. The first-order valence-electron chi connectivity index (χ1n) is 6.96. The molecular weight excluding hydrogens is 288 g/mol. The zero-order valence-electron chi connectivity index (χ0n) is 12.0. The molecule has 2 saturated heterocycles. The van der Waals surface area contributed by atoms with Crippen LogP contribution < -0.4 is 5.32 Å². The van der Waals surface area contributed by atoms with Gasteiger partial charge in [0.25, 0.3) is 0 Å². The number of fused-ring (bicyclic) bond motifs is 1. The second-order valence-electron chi connectivity index (χ2n) is 5.97. The van der Waals surface area contributed by atoms with Crippen LogP contribution in [0.5, 0.6) is 0 Å². The summed E-state index contributed by atoms with van der Waals surface area (Å²) in [4.78, 5) is 25.7. The summed E-state index contributed by atoms with van der Waals surface area (Å²) in [6, 6.07) is 8.94. The number of nitrogens with one attached hydrogen (secondary N) is 1. The minimum absolute atomic E-state index is 0.0845. The first kappa shape index (κ1) is 14.3. The average molecular weight is 306 g/mol. The van der Waals surface area contributed by atoms with Crippen molar-refractivity contribution < 1.29 is 13.8 Å². The Hall–Kier alpha value is -1.69. The van der Waals surface area contributed by atoms with Gasteiger partial charge < -0.3 is 10.2 Å². The maximum absolute atomic E-state index is 12.5. The lowest BCUT2D eigenvalue weighted by Gasteiger charge is -2.37. The highest BCUT2D eigenvalue weighted by Gasteiger charge is 2.62. The van der Waals surface area contributed by atoms with Crippen LogP contribution in [0.25, 0.3) is 0 Å². The third kappa shape index (κ3) is 2.18. The van der Waals surface area contributed by atoms with Crippen LogP contribution in [-0.2, 0) is 26.9 Å². The summed E-state index contributed by atoms with van der Waals surface area (Å²) in [6.45, 7) is 3.99. The predicted molar refractivity (Wildman–Crippen MR) is 79.5 cm³/mol. The molecule has 2 aliphatic heterocycles. The molecule has 2 fully saturated rings. The van der Waals surface area contributed by atoms with Crippen molar-refractivity contribution in [2.24, 2.45) is 0 Å². The van der Waals surface area contributed by atoms with Gasteiger partial charge >= 0.3 is 0 Å². The molecule has 21 heavy (non-hydrogen) atoms. The van der Waals surface area contributed by atoms with Crippen molar-refractivity contribution in [1.29, 1.82) is 0 Å². The molecular formula is C15H18N2O3S. The quantitative estimate of drug-likeness (QED) is 0.839. The molecule has 0 bridgehead atoms. The van der Waals surface area contributed by atoms with Crippen LogP contribution in [0, 0.1) is 0 Å². The second kappa shape index (κ2) is 4.94. The van der Waals surface area contributed by atoms with Gasteiger partial charge in [-0.3, -0.25) is 13.8 Å². The number of benzene rings is 1. The van der Waals surface area contributed by atoms with Gasteiger partial charge in [0.15, 0.2) is 0 Å². The Labute approximate surface area is 126 Å². The molecule has 1 aromatic rings. The van der Waals surface area contributed by atoms with E-state index in [-0.39, 0.29) is 17.2 Å². The van der Waals surface area contributed by atoms with E-state index in [1.807, 2.05) is 30.3 Å². The molecule has 112 valence electrons. The minimum Gasteiger partial charge on any atom is -0.350 e. The number of nitrogens with zero attached hydrogens (tertiary/aromatic N) is 1. The van der Waals surface area contributed by atoms with Crippen LogP contribution in [0.2, 0.25) is 0 Å². The van der Waals surface area contributed by atoms with Gasteiger partial charge in [-0.1, -0.05) is 30.3 Å². The summed E-state index contributed by atoms with van der Waals surface area (Å²) in [5.41, 5.74) is 0.995. The van der Waals surface area contributed by atoms with Crippen molar-refractivity contribution in [3.8, 4) is 0 Å². The van der Waals surface area contributed by atoms with Crippen molar-refractivity contribution >= 4 is 22.6 Å². The van der Waals surface area contributed by atoms with E-state index in [1.165, 1.54) is 4.90 Å². The topological polar surface area (TPSA) is 66.5 Å². The third-order valence-electron chi connectivity index (χ3n) is 4.21. The summed E-state index contributed by atoms with van der Waals surface area (Å²) in [6.07, 6.45) is 0.290. The van der Waals surface area contributed by atoms with Crippen LogP contribution in [0.15, 0.2) is 30.3 Å². The van der Waals surface area contributed by atoms with Crippen molar-refractivity contribution in [3.05, 3.63) is 35.9 Å². The number of rotatable bonds is 3. The maximum atomic E-state index is 12.5. The smallest absolute Gasteiger partial charge is 0.244 e. The van der Waals surface area contributed by atoms with E-state index in [4.69, 9.17) is 0 Å². The number of hydrogen-bond donors (Lipinski definition) is 1. The highest BCUT2D eigenvalue weighted by molar-refractivity contribution is 7.87. The molecule has 0 spiro atoms. The van der Waals surface area contributed by atoms with Crippen molar-refractivity contribution in [3.63, 3.8) is 0 Å². The van der Waals surface area contributed by atoms with Gasteiger partial charge in [-0.05, 0) is 19.4 Å². The summed E-state index contributed by atoms with van der Waals surface area (Å²) in [7, 11) is -1.20. The van der Waals surface area contributed by atoms with E-state index in [0.717, 1.165) is 5.56 Å². The Balaban J connectivity index is 1.74. The molecule has 1 aromatic carbocycles. The molecule has 2 amide bonds.